The van der Waals surface area contributed by atoms with E-state index in [9.17, 15) is 10.1 Å². The zero-order valence-electron chi connectivity index (χ0n) is 11.8. The maximum absolute atomic E-state index is 11.0. The summed E-state index contributed by atoms with van der Waals surface area (Å²) in [4.78, 5) is 10.7. The van der Waals surface area contributed by atoms with Crippen molar-refractivity contribution in [2.24, 2.45) is 5.92 Å². The molecule has 2 rings (SSSR count). The van der Waals surface area contributed by atoms with E-state index < -0.39 is 0 Å². The van der Waals surface area contributed by atoms with Gasteiger partial charge < -0.3 is 5.32 Å². The van der Waals surface area contributed by atoms with E-state index in [4.69, 9.17) is 11.6 Å². The van der Waals surface area contributed by atoms with Gasteiger partial charge in [0, 0.05) is 22.7 Å². The Kier molecular flexibility index (Phi) is 5.38. The van der Waals surface area contributed by atoms with Gasteiger partial charge in [-0.2, -0.15) is 0 Å². The van der Waals surface area contributed by atoms with Crippen molar-refractivity contribution < 1.29 is 4.92 Å². The van der Waals surface area contributed by atoms with Gasteiger partial charge in [-0.15, -0.1) is 0 Å². The number of nitrogens with zero attached hydrogens (tertiary/aromatic N) is 1. The minimum atomic E-state index is -0.322. The number of halogens is 1. The number of hydrogen-bond acceptors (Lipinski definition) is 3. The highest BCUT2D eigenvalue weighted by molar-refractivity contribution is 6.30. The summed E-state index contributed by atoms with van der Waals surface area (Å²) in [5.74, 6) is 0.750. The first-order valence-corrected chi connectivity index (χ1v) is 7.65. The quantitative estimate of drug-likeness (QED) is 0.583. The van der Waals surface area contributed by atoms with Crippen LogP contribution in [-0.4, -0.2) is 17.5 Å². The van der Waals surface area contributed by atoms with Gasteiger partial charge in [0.05, 0.1) is 4.92 Å². The van der Waals surface area contributed by atoms with Gasteiger partial charge in [-0.05, 0) is 56.7 Å². The van der Waals surface area contributed by atoms with Crippen molar-refractivity contribution in [1.82, 2.24) is 5.32 Å². The number of rotatable bonds is 8. The van der Waals surface area contributed by atoms with Gasteiger partial charge in [-0.3, -0.25) is 10.1 Å². The van der Waals surface area contributed by atoms with E-state index in [1.54, 1.807) is 12.1 Å². The molecule has 1 atom stereocenters. The zero-order valence-corrected chi connectivity index (χ0v) is 12.5. The highest BCUT2D eigenvalue weighted by atomic mass is 35.5. The molecule has 0 spiro atoms. The molecule has 0 heterocycles. The Morgan fingerprint density at radius 3 is 2.85 bits per heavy atom. The van der Waals surface area contributed by atoms with Crippen molar-refractivity contribution in [3.63, 3.8) is 0 Å². The summed E-state index contributed by atoms with van der Waals surface area (Å²) < 4.78 is 0. The van der Waals surface area contributed by atoms with Gasteiger partial charge in [-0.1, -0.05) is 18.5 Å². The summed E-state index contributed by atoms with van der Waals surface area (Å²) in [5.41, 5.74) is 0.922. The number of nitro groups is 1. The Balaban J connectivity index is 2.01. The molecular formula is C15H21ClN2O2. The highest BCUT2D eigenvalue weighted by Gasteiger charge is 2.30. The summed E-state index contributed by atoms with van der Waals surface area (Å²) in [6, 6.07) is 5.29. The topological polar surface area (TPSA) is 55.2 Å². The van der Waals surface area contributed by atoms with Crippen molar-refractivity contribution in [3.05, 3.63) is 38.9 Å². The SMILES string of the molecule is CCCNC(CCc1cc(Cl)ccc1[N+](=O)[O-])C1CC1. The lowest BCUT2D eigenvalue weighted by Gasteiger charge is -2.17. The van der Waals surface area contributed by atoms with Crippen LogP contribution in [0.2, 0.25) is 5.02 Å². The average molecular weight is 297 g/mol. The fourth-order valence-corrected chi connectivity index (χ4v) is 2.77. The third-order valence-electron chi connectivity index (χ3n) is 3.81. The second-order valence-electron chi connectivity index (χ2n) is 5.47. The summed E-state index contributed by atoms with van der Waals surface area (Å²) in [6.07, 6.45) is 5.30. The molecule has 1 aromatic rings. The molecule has 1 saturated carbocycles. The molecule has 110 valence electrons. The van der Waals surface area contributed by atoms with E-state index in [0.717, 1.165) is 30.9 Å². The Labute approximate surface area is 124 Å². The molecule has 1 aliphatic rings. The second kappa shape index (κ2) is 7.04. The maximum Gasteiger partial charge on any atom is 0.272 e. The Morgan fingerprint density at radius 2 is 2.25 bits per heavy atom. The summed E-state index contributed by atoms with van der Waals surface area (Å²) in [7, 11) is 0. The standard InChI is InChI=1S/C15H21ClN2O2/c1-2-9-17-14(11-3-4-11)7-5-12-10-13(16)6-8-15(12)18(19)20/h6,8,10-11,14,17H,2-5,7,9H2,1H3. The van der Waals surface area contributed by atoms with Crippen LogP contribution >= 0.6 is 11.6 Å². The van der Waals surface area contributed by atoms with E-state index in [0.29, 0.717) is 17.5 Å². The van der Waals surface area contributed by atoms with Gasteiger partial charge in [0.25, 0.3) is 5.69 Å². The first-order valence-electron chi connectivity index (χ1n) is 7.28. The minimum absolute atomic E-state index is 0.180. The maximum atomic E-state index is 11.0. The van der Waals surface area contributed by atoms with E-state index in [1.807, 2.05) is 0 Å². The predicted molar refractivity (Wildman–Crippen MR) is 81.2 cm³/mol. The third kappa shape index (κ3) is 4.18. The van der Waals surface area contributed by atoms with Crippen LogP contribution < -0.4 is 5.32 Å². The van der Waals surface area contributed by atoms with Crippen LogP contribution in [0.15, 0.2) is 18.2 Å². The number of nitro benzene ring substituents is 1. The van der Waals surface area contributed by atoms with E-state index >= 15 is 0 Å². The Bertz CT molecular complexity index is 475. The second-order valence-corrected chi connectivity index (χ2v) is 5.90. The average Bonchev–Trinajstić information content (AvgIpc) is 3.23. The normalized spacial score (nSPS) is 16.1. The fraction of sp³-hybridized carbons (Fsp3) is 0.600. The number of benzene rings is 1. The van der Waals surface area contributed by atoms with Crippen molar-refractivity contribution in [3.8, 4) is 0 Å². The molecule has 0 saturated heterocycles. The largest absolute Gasteiger partial charge is 0.314 e. The molecule has 0 radical (unpaired) electrons. The molecule has 0 aliphatic heterocycles. The molecule has 1 unspecified atom stereocenters. The lowest BCUT2D eigenvalue weighted by Crippen LogP contribution is -2.32. The van der Waals surface area contributed by atoms with Gasteiger partial charge in [0.15, 0.2) is 0 Å². The van der Waals surface area contributed by atoms with Crippen LogP contribution in [0.5, 0.6) is 0 Å². The molecule has 20 heavy (non-hydrogen) atoms. The van der Waals surface area contributed by atoms with Gasteiger partial charge in [0.2, 0.25) is 0 Å². The van der Waals surface area contributed by atoms with E-state index in [2.05, 4.69) is 12.2 Å². The monoisotopic (exact) mass is 296 g/mol. The van der Waals surface area contributed by atoms with Crippen LogP contribution in [0.3, 0.4) is 0 Å². The summed E-state index contributed by atoms with van der Waals surface area (Å²) in [6.45, 7) is 3.16. The van der Waals surface area contributed by atoms with Crippen molar-refractivity contribution in [2.75, 3.05) is 6.54 Å². The molecule has 5 heteroatoms. The molecule has 1 fully saturated rings. The van der Waals surface area contributed by atoms with Crippen molar-refractivity contribution >= 4 is 17.3 Å². The molecular weight excluding hydrogens is 276 g/mol. The van der Waals surface area contributed by atoms with E-state index in [-0.39, 0.29) is 10.6 Å². The molecule has 1 N–H and O–H groups in total. The fourth-order valence-electron chi connectivity index (χ4n) is 2.58. The highest BCUT2D eigenvalue weighted by Crippen LogP contribution is 2.35. The zero-order chi connectivity index (χ0) is 14.5. The molecule has 0 bridgehead atoms. The Hall–Kier alpha value is -1.13. The number of aryl methyl sites for hydroxylation is 1. The Morgan fingerprint density at radius 1 is 1.50 bits per heavy atom. The van der Waals surface area contributed by atoms with Crippen LogP contribution in [0.1, 0.15) is 38.2 Å². The van der Waals surface area contributed by atoms with Crippen molar-refractivity contribution in [1.29, 1.82) is 0 Å². The van der Waals surface area contributed by atoms with Crippen molar-refractivity contribution in [2.45, 2.75) is 45.1 Å². The predicted octanol–water partition coefficient (Wildman–Crippen LogP) is 3.96. The number of hydrogen-bond donors (Lipinski definition) is 1. The lowest BCUT2D eigenvalue weighted by molar-refractivity contribution is -0.385. The molecule has 1 aliphatic carbocycles. The van der Waals surface area contributed by atoms with Crippen LogP contribution in [0, 0.1) is 16.0 Å². The van der Waals surface area contributed by atoms with Gasteiger partial charge in [0.1, 0.15) is 0 Å². The smallest absolute Gasteiger partial charge is 0.272 e. The summed E-state index contributed by atoms with van der Waals surface area (Å²) in [5, 5.41) is 15.2. The summed E-state index contributed by atoms with van der Waals surface area (Å²) >= 11 is 5.96. The van der Waals surface area contributed by atoms with Gasteiger partial charge >= 0.3 is 0 Å². The minimum Gasteiger partial charge on any atom is -0.314 e. The lowest BCUT2D eigenvalue weighted by atomic mass is 10.0. The van der Waals surface area contributed by atoms with Crippen LogP contribution in [0.25, 0.3) is 0 Å². The third-order valence-corrected chi connectivity index (χ3v) is 4.05. The number of nitrogens with one attached hydrogen (secondary N) is 1. The molecule has 1 aromatic carbocycles. The van der Waals surface area contributed by atoms with Crippen LogP contribution in [0.4, 0.5) is 5.69 Å². The van der Waals surface area contributed by atoms with E-state index in [1.165, 1.54) is 18.9 Å². The molecule has 0 aromatic heterocycles. The van der Waals surface area contributed by atoms with Gasteiger partial charge in [-0.25, -0.2) is 0 Å². The van der Waals surface area contributed by atoms with Crippen LogP contribution in [-0.2, 0) is 6.42 Å². The first-order chi connectivity index (χ1) is 9.61. The molecule has 4 nitrogen and oxygen atoms in total. The first kappa shape index (κ1) is 15.3. The molecule has 0 amide bonds.